The van der Waals surface area contributed by atoms with Gasteiger partial charge in [0, 0.05) is 11.1 Å². The second-order valence-corrected chi connectivity index (χ2v) is 7.93. The Morgan fingerprint density at radius 2 is 1.29 bits per heavy atom. The topological polar surface area (TPSA) is 25.8 Å². The molecule has 0 saturated carbocycles. The highest BCUT2D eigenvalue weighted by molar-refractivity contribution is 5.86. The molecule has 0 aliphatic heterocycles. The zero-order valence-corrected chi connectivity index (χ0v) is 17.6. The molecule has 150 valence electrons. The maximum Gasteiger partial charge on any atom is 0.160 e. The molecule has 0 unspecified atom stereocenters. The fourth-order valence-corrected chi connectivity index (χ4v) is 3.94. The van der Waals surface area contributed by atoms with E-state index in [0.717, 1.165) is 41.2 Å². The van der Waals surface area contributed by atoms with Crippen molar-refractivity contribution >= 4 is 11.1 Å². The Labute approximate surface area is 183 Å². The molecule has 1 heterocycles. The summed E-state index contributed by atoms with van der Waals surface area (Å²) < 4.78 is 0. The van der Waals surface area contributed by atoms with Gasteiger partial charge < -0.3 is 0 Å². The van der Waals surface area contributed by atoms with E-state index in [2.05, 4.69) is 85.8 Å². The first-order valence-corrected chi connectivity index (χ1v) is 10.7. The first-order valence-electron chi connectivity index (χ1n) is 10.7. The van der Waals surface area contributed by atoms with E-state index >= 15 is 0 Å². The largest absolute Gasteiger partial charge is 0.228 e. The third-order valence-corrected chi connectivity index (χ3v) is 5.65. The highest BCUT2D eigenvalue weighted by Gasteiger charge is 2.14. The number of rotatable bonds is 4. The van der Waals surface area contributed by atoms with E-state index in [0.29, 0.717) is 0 Å². The van der Waals surface area contributed by atoms with Crippen LogP contribution < -0.4 is 0 Å². The Kier molecular flexibility index (Phi) is 5.28. The standard InChI is InChI=1S/C29H24N2/c1-21-15-17-22(18-16-21)25-13-8-14-26(19-25)28-20-27(23-9-4-2-5-10-23)30-29(31-28)24-11-6-3-7-12-24/h2-7,9-12,14-20H,8,13H2,1H3. The van der Waals surface area contributed by atoms with Crippen LogP contribution in [0.4, 0.5) is 0 Å². The van der Waals surface area contributed by atoms with Crippen LogP contribution in [-0.2, 0) is 0 Å². The first-order chi connectivity index (χ1) is 15.3. The molecular formula is C29H24N2. The molecule has 2 heteroatoms. The van der Waals surface area contributed by atoms with Gasteiger partial charge in [-0.2, -0.15) is 0 Å². The van der Waals surface area contributed by atoms with Crippen molar-refractivity contribution in [2.75, 3.05) is 0 Å². The van der Waals surface area contributed by atoms with E-state index in [4.69, 9.17) is 9.97 Å². The van der Waals surface area contributed by atoms with Gasteiger partial charge in [-0.3, -0.25) is 0 Å². The molecule has 0 fully saturated rings. The lowest BCUT2D eigenvalue weighted by Gasteiger charge is -2.16. The van der Waals surface area contributed by atoms with Crippen molar-refractivity contribution < 1.29 is 0 Å². The number of aryl methyl sites for hydroxylation is 1. The number of allylic oxidation sites excluding steroid dienone is 4. The summed E-state index contributed by atoms with van der Waals surface area (Å²) in [6.45, 7) is 2.13. The number of hydrogen-bond acceptors (Lipinski definition) is 2. The van der Waals surface area contributed by atoms with Gasteiger partial charge >= 0.3 is 0 Å². The number of nitrogens with zero attached hydrogens (tertiary/aromatic N) is 2. The molecule has 0 saturated heterocycles. The average Bonchev–Trinajstić information content (AvgIpc) is 2.85. The molecule has 0 spiro atoms. The van der Waals surface area contributed by atoms with Crippen LogP contribution in [0.5, 0.6) is 0 Å². The maximum atomic E-state index is 4.97. The predicted octanol–water partition coefficient (Wildman–Crippen LogP) is 7.38. The van der Waals surface area contributed by atoms with Crippen molar-refractivity contribution in [1.82, 2.24) is 9.97 Å². The number of benzene rings is 3. The van der Waals surface area contributed by atoms with Crippen LogP contribution >= 0.6 is 0 Å². The highest BCUT2D eigenvalue weighted by Crippen LogP contribution is 2.32. The summed E-state index contributed by atoms with van der Waals surface area (Å²) in [6, 6.07) is 31.5. The molecule has 31 heavy (non-hydrogen) atoms. The van der Waals surface area contributed by atoms with Crippen LogP contribution in [0.2, 0.25) is 0 Å². The average molecular weight is 401 g/mol. The van der Waals surface area contributed by atoms with Gasteiger partial charge in [-0.15, -0.1) is 0 Å². The lowest BCUT2D eigenvalue weighted by molar-refractivity contribution is 1.05. The zero-order valence-electron chi connectivity index (χ0n) is 17.6. The van der Waals surface area contributed by atoms with Gasteiger partial charge in [-0.1, -0.05) is 96.6 Å². The lowest BCUT2D eigenvalue weighted by atomic mass is 9.91. The molecule has 0 bridgehead atoms. The van der Waals surface area contributed by atoms with Crippen molar-refractivity contribution in [3.8, 4) is 22.6 Å². The van der Waals surface area contributed by atoms with E-state index in [-0.39, 0.29) is 0 Å². The van der Waals surface area contributed by atoms with Gasteiger partial charge in [0.05, 0.1) is 11.4 Å². The summed E-state index contributed by atoms with van der Waals surface area (Å²) in [5.41, 5.74) is 9.14. The molecule has 2 nitrogen and oxygen atoms in total. The monoisotopic (exact) mass is 400 g/mol. The second kappa shape index (κ2) is 8.53. The minimum Gasteiger partial charge on any atom is -0.228 e. The Balaban J connectivity index is 1.61. The Hall–Kier alpha value is -3.78. The normalized spacial score (nSPS) is 13.5. The molecule has 1 aliphatic rings. The van der Waals surface area contributed by atoms with Crippen molar-refractivity contribution in [2.24, 2.45) is 0 Å². The zero-order chi connectivity index (χ0) is 21.0. The third-order valence-electron chi connectivity index (χ3n) is 5.65. The molecule has 5 rings (SSSR count). The molecule has 0 amide bonds. The maximum absolute atomic E-state index is 4.97. The van der Waals surface area contributed by atoms with Gasteiger partial charge in [-0.05, 0) is 48.6 Å². The second-order valence-electron chi connectivity index (χ2n) is 7.93. The minimum absolute atomic E-state index is 0.758. The molecule has 4 aromatic rings. The lowest BCUT2D eigenvalue weighted by Crippen LogP contribution is -2.00. The van der Waals surface area contributed by atoms with E-state index in [1.54, 1.807) is 0 Å². The summed E-state index contributed by atoms with van der Waals surface area (Å²) in [7, 11) is 0. The number of hydrogen-bond donors (Lipinski definition) is 0. The summed E-state index contributed by atoms with van der Waals surface area (Å²) in [4.78, 5) is 9.87. The minimum atomic E-state index is 0.758. The van der Waals surface area contributed by atoms with E-state index in [1.165, 1.54) is 22.3 Å². The van der Waals surface area contributed by atoms with Gasteiger partial charge in [0.25, 0.3) is 0 Å². The molecule has 1 aromatic heterocycles. The van der Waals surface area contributed by atoms with Crippen LogP contribution in [0.25, 0.3) is 33.8 Å². The Bertz CT molecular complexity index is 1190. The Morgan fingerprint density at radius 1 is 0.645 bits per heavy atom. The van der Waals surface area contributed by atoms with Gasteiger partial charge in [0.1, 0.15) is 0 Å². The molecule has 1 aliphatic carbocycles. The van der Waals surface area contributed by atoms with E-state index < -0.39 is 0 Å². The van der Waals surface area contributed by atoms with Crippen molar-refractivity contribution in [2.45, 2.75) is 19.8 Å². The summed E-state index contributed by atoms with van der Waals surface area (Å²) in [6.07, 6.45) is 6.65. The molecule has 0 radical (unpaired) electrons. The fraction of sp³-hybridized carbons (Fsp3) is 0.103. The van der Waals surface area contributed by atoms with Crippen LogP contribution in [0, 0.1) is 6.92 Å². The summed E-state index contributed by atoms with van der Waals surface area (Å²) >= 11 is 0. The third kappa shape index (κ3) is 4.24. The fourth-order valence-electron chi connectivity index (χ4n) is 3.94. The van der Waals surface area contributed by atoms with Gasteiger partial charge in [0.2, 0.25) is 0 Å². The van der Waals surface area contributed by atoms with E-state index in [1.807, 2.05) is 24.3 Å². The van der Waals surface area contributed by atoms with Crippen LogP contribution in [-0.4, -0.2) is 9.97 Å². The van der Waals surface area contributed by atoms with Crippen molar-refractivity contribution in [1.29, 1.82) is 0 Å². The number of aromatic nitrogens is 2. The Morgan fingerprint density at radius 3 is 2.00 bits per heavy atom. The first kappa shape index (κ1) is 19.2. The molecule has 3 aromatic carbocycles. The van der Waals surface area contributed by atoms with Crippen molar-refractivity contribution in [3.63, 3.8) is 0 Å². The molecule has 0 atom stereocenters. The van der Waals surface area contributed by atoms with Crippen LogP contribution in [0.1, 0.15) is 29.7 Å². The summed E-state index contributed by atoms with van der Waals surface area (Å²) in [5, 5.41) is 0. The highest BCUT2D eigenvalue weighted by atomic mass is 14.9. The van der Waals surface area contributed by atoms with Gasteiger partial charge in [0.15, 0.2) is 5.82 Å². The van der Waals surface area contributed by atoms with E-state index in [9.17, 15) is 0 Å². The quantitative estimate of drug-likeness (QED) is 0.357. The van der Waals surface area contributed by atoms with Crippen LogP contribution in [0.15, 0.2) is 103 Å². The van der Waals surface area contributed by atoms with Crippen molar-refractivity contribution in [3.05, 3.63) is 120 Å². The molecular weight excluding hydrogens is 376 g/mol. The van der Waals surface area contributed by atoms with Gasteiger partial charge in [-0.25, -0.2) is 9.97 Å². The van der Waals surface area contributed by atoms with Crippen LogP contribution in [0.3, 0.4) is 0 Å². The predicted molar refractivity (Wildman–Crippen MR) is 129 cm³/mol. The summed E-state index contributed by atoms with van der Waals surface area (Å²) in [5.74, 6) is 0.758. The SMILES string of the molecule is Cc1ccc(C2=CC(c3cc(-c4ccccc4)nc(-c4ccccc4)n3)=CCC2)cc1. The smallest absolute Gasteiger partial charge is 0.160 e. The molecule has 0 N–H and O–H groups in total.